The Labute approximate surface area is 113 Å². The highest BCUT2D eigenvalue weighted by Gasteiger charge is 2.10. The van der Waals surface area contributed by atoms with Gasteiger partial charge in [-0.25, -0.2) is 4.79 Å². The molecule has 19 heavy (non-hydrogen) atoms. The van der Waals surface area contributed by atoms with Crippen LogP contribution >= 0.6 is 0 Å². The molecule has 0 amide bonds. The molecule has 0 aliphatic carbocycles. The van der Waals surface area contributed by atoms with Crippen LogP contribution in [0.4, 0.5) is 11.4 Å². The van der Waals surface area contributed by atoms with Crippen molar-refractivity contribution in [2.75, 3.05) is 11.9 Å². The summed E-state index contributed by atoms with van der Waals surface area (Å²) in [5.41, 5.74) is 4.39. The van der Waals surface area contributed by atoms with E-state index < -0.39 is 5.97 Å². The molecule has 3 heteroatoms. The number of nitrogens with zero attached hydrogens (tertiary/aromatic N) is 1. The summed E-state index contributed by atoms with van der Waals surface area (Å²) in [6.07, 6.45) is 0. The topological polar surface area (TPSA) is 40.5 Å². The summed E-state index contributed by atoms with van der Waals surface area (Å²) in [5, 5.41) is 9.03. The van der Waals surface area contributed by atoms with E-state index in [1.165, 1.54) is 5.56 Å². The first-order chi connectivity index (χ1) is 8.99. The monoisotopic (exact) mass is 255 g/mol. The summed E-state index contributed by atoms with van der Waals surface area (Å²) in [6, 6.07) is 13.6. The maximum atomic E-state index is 11.0. The fourth-order valence-electron chi connectivity index (χ4n) is 2.01. The van der Waals surface area contributed by atoms with Gasteiger partial charge in [0.25, 0.3) is 0 Å². The Balaban J connectivity index is 2.34. The lowest BCUT2D eigenvalue weighted by Crippen LogP contribution is -2.10. The van der Waals surface area contributed by atoms with E-state index in [1.54, 1.807) is 6.07 Å². The fraction of sp³-hybridized carbons (Fsp3) is 0.188. The molecule has 3 nitrogen and oxygen atoms in total. The second kappa shape index (κ2) is 5.14. The highest BCUT2D eigenvalue weighted by molar-refractivity contribution is 5.90. The first kappa shape index (κ1) is 13.1. The Kier molecular flexibility index (Phi) is 3.56. The molecule has 0 heterocycles. The van der Waals surface area contributed by atoms with Gasteiger partial charge in [0.05, 0.1) is 5.56 Å². The van der Waals surface area contributed by atoms with Crippen molar-refractivity contribution in [2.45, 2.75) is 13.8 Å². The predicted octanol–water partition coefficient (Wildman–Crippen LogP) is 3.77. The Morgan fingerprint density at radius 3 is 2.11 bits per heavy atom. The molecule has 0 spiro atoms. The lowest BCUT2D eigenvalue weighted by molar-refractivity contribution is 0.0696. The van der Waals surface area contributed by atoms with E-state index in [0.29, 0.717) is 5.56 Å². The van der Waals surface area contributed by atoms with E-state index >= 15 is 0 Å². The molecular formula is C16H17NO2. The minimum Gasteiger partial charge on any atom is -0.478 e. The molecule has 0 aromatic heterocycles. The number of hydrogen-bond donors (Lipinski definition) is 1. The maximum Gasteiger partial charge on any atom is 0.335 e. The number of carboxylic acid groups (broad SMARTS) is 1. The average Bonchev–Trinajstić information content (AvgIpc) is 2.38. The van der Waals surface area contributed by atoms with Crippen LogP contribution in [0.5, 0.6) is 0 Å². The fourth-order valence-corrected chi connectivity index (χ4v) is 2.01. The first-order valence-corrected chi connectivity index (χ1v) is 6.13. The molecule has 0 saturated carbocycles. The molecule has 2 aromatic carbocycles. The van der Waals surface area contributed by atoms with Gasteiger partial charge in [-0.3, -0.25) is 0 Å². The van der Waals surface area contributed by atoms with E-state index in [-0.39, 0.29) is 0 Å². The summed E-state index contributed by atoms with van der Waals surface area (Å²) in [6.45, 7) is 3.87. The van der Waals surface area contributed by atoms with Crippen LogP contribution in [-0.4, -0.2) is 18.1 Å². The predicted molar refractivity (Wildman–Crippen MR) is 77.4 cm³/mol. The van der Waals surface area contributed by atoms with Crippen LogP contribution in [-0.2, 0) is 0 Å². The minimum absolute atomic E-state index is 0.348. The molecule has 0 unspecified atom stereocenters. The largest absolute Gasteiger partial charge is 0.478 e. The molecule has 0 atom stereocenters. The molecule has 0 radical (unpaired) electrons. The van der Waals surface area contributed by atoms with Crippen molar-refractivity contribution < 1.29 is 9.90 Å². The number of aromatic carboxylic acids is 1. The molecule has 0 fully saturated rings. The summed E-state index contributed by atoms with van der Waals surface area (Å²) in [4.78, 5) is 13.0. The lowest BCUT2D eigenvalue weighted by Gasteiger charge is -2.20. The van der Waals surface area contributed by atoms with Crippen molar-refractivity contribution in [2.24, 2.45) is 0 Å². The van der Waals surface area contributed by atoms with Crippen LogP contribution in [0.15, 0.2) is 42.5 Å². The van der Waals surface area contributed by atoms with Crippen molar-refractivity contribution in [3.05, 3.63) is 59.2 Å². The molecule has 98 valence electrons. The Bertz CT molecular complexity index is 603. The van der Waals surface area contributed by atoms with Crippen LogP contribution < -0.4 is 4.90 Å². The summed E-state index contributed by atoms with van der Waals surface area (Å²) in [5.74, 6) is -0.887. The SMILES string of the molecule is Cc1ccc(N(C)c2ccc(C(=O)O)c(C)c2)cc1. The molecule has 0 aliphatic heterocycles. The quantitative estimate of drug-likeness (QED) is 0.907. The molecule has 0 saturated heterocycles. The second-order valence-corrected chi connectivity index (χ2v) is 4.70. The Morgan fingerprint density at radius 2 is 1.58 bits per heavy atom. The molecule has 2 rings (SSSR count). The van der Waals surface area contributed by atoms with Crippen molar-refractivity contribution in [3.8, 4) is 0 Å². The van der Waals surface area contributed by atoms with Crippen LogP contribution in [0, 0.1) is 13.8 Å². The van der Waals surface area contributed by atoms with Crippen molar-refractivity contribution >= 4 is 17.3 Å². The number of carbonyl (C=O) groups is 1. The third-order valence-electron chi connectivity index (χ3n) is 3.25. The first-order valence-electron chi connectivity index (χ1n) is 6.13. The highest BCUT2D eigenvalue weighted by atomic mass is 16.4. The summed E-state index contributed by atoms with van der Waals surface area (Å²) in [7, 11) is 1.97. The van der Waals surface area contributed by atoms with Gasteiger partial charge >= 0.3 is 5.97 Å². The van der Waals surface area contributed by atoms with E-state index in [0.717, 1.165) is 16.9 Å². The molecule has 0 aliphatic rings. The van der Waals surface area contributed by atoms with Gasteiger partial charge < -0.3 is 10.0 Å². The van der Waals surface area contributed by atoms with Gasteiger partial charge in [0.15, 0.2) is 0 Å². The van der Waals surface area contributed by atoms with Gasteiger partial charge in [0.2, 0.25) is 0 Å². The van der Waals surface area contributed by atoms with Crippen LogP contribution in [0.3, 0.4) is 0 Å². The van der Waals surface area contributed by atoms with E-state index in [4.69, 9.17) is 5.11 Å². The molecule has 0 bridgehead atoms. The zero-order valence-electron chi connectivity index (χ0n) is 11.3. The van der Waals surface area contributed by atoms with Crippen LogP contribution in [0.1, 0.15) is 21.5 Å². The Morgan fingerprint density at radius 1 is 1.00 bits per heavy atom. The number of anilines is 2. The summed E-state index contributed by atoms with van der Waals surface area (Å²) >= 11 is 0. The average molecular weight is 255 g/mol. The van der Waals surface area contributed by atoms with Gasteiger partial charge in [-0.2, -0.15) is 0 Å². The number of rotatable bonds is 3. The van der Waals surface area contributed by atoms with Gasteiger partial charge in [-0.1, -0.05) is 17.7 Å². The van der Waals surface area contributed by atoms with Gasteiger partial charge in [0.1, 0.15) is 0 Å². The Hall–Kier alpha value is -2.29. The van der Waals surface area contributed by atoms with Gasteiger partial charge in [-0.15, -0.1) is 0 Å². The minimum atomic E-state index is -0.887. The maximum absolute atomic E-state index is 11.0. The van der Waals surface area contributed by atoms with Crippen LogP contribution in [0.2, 0.25) is 0 Å². The molecular weight excluding hydrogens is 238 g/mol. The van der Waals surface area contributed by atoms with E-state index in [2.05, 4.69) is 31.2 Å². The van der Waals surface area contributed by atoms with Gasteiger partial charge in [0, 0.05) is 18.4 Å². The smallest absolute Gasteiger partial charge is 0.335 e. The number of aryl methyl sites for hydroxylation is 2. The number of carboxylic acids is 1. The normalized spacial score (nSPS) is 10.3. The van der Waals surface area contributed by atoms with Crippen molar-refractivity contribution in [1.82, 2.24) is 0 Å². The highest BCUT2D eigenvalue weighted by Crippen LogP contribution is 2.25. The van der Waals surface area contributed by atoms with Gasteiger partial charge in [-0.05, 0) is 49.7 Å². The van der Waals surface area contributed by atoms with E-state index in [9.17, 15) is 4.79 Å². The lowest BCUT2D eigenvalue weighted by atomic mass is 10.1. The molecule has 1 N–H and O–H groups in total. The zero-order valence-corrected chi connectivity index (χ0v) is 11.3. The van der Waals surface area contributed by atoms with E-state index in [1.807, 2.05) is 31.0 Å². The third kappa shape index (κ3) is 2.76. The second-order valence-electron chi connectivity index (χ2n) is 4.70. The van der Waals surface area contributed by atoms with Crippen molar-refractivity contribution in [1.29, 1.82) is 0 Å². The summed E-state index contributed by atoms with van der Waals surface area (Å²) < 4.78 is 0. The number of benzene rings is 2. The van der Waals surface area contributed by atoms with Crippen molar-refractivity contribution in [3.63, 3.8) is 0 Å². The number of hydrogen-bond acceptors (Lipinski definition) is 2. The molecule has 2 aromatic rings. The third-order valence-corrected chi connectivity index (χ3v) is 3.25. The van der Waals surface area contributed by atoms with Crippen LogP contribution in [0.25, 0.3) is 0 Å². The standard InChI is InChI=1S/C16H17NO2/c1-11-4-6-13(7-5-11)17(3)14-8-9-15(16(18)19)12(2)10-14/h4-10H,1-3H3,(H,18,19). The zero-order chi connectivity index (χ0) is 14.0.